The molecule has 13 heavy (non-hydrogen) atoms. The molecule has 0 aromatic heterocycles. The molecule has 1 aromatic carbocycles. The summed E-state index contributed by atoms with van der Waals surface area (Å²) in [5.41, 5.74) is 2.52. The molecule has 0 saturated heterocycles. The lowest BCUT2D eigenvalue weighted by Crippen LogP contribution is -2.32. The minimum absolute atomic E-state index is 0.0409. The summed E-state index contributed by atoms with van der Waals surface area (Å²) in [5.74, 6) is 1.02. The van der Waals surface area contributed by atoms with E-state index in [2.05, 4.69) is 33.3 Å². The van der Waals surface area contributed by atoms with E-state index < -0.39 is 0 Å². The quantitative estimate of drug-likeness (QED) is 0.588. The van der Waals surface area contributed by atoms with E-state index in [0.717, 1.165) is 12.2 Å². The lowest BCUT2D eigenvalue weighted by molar-refractivity contribution is 0.0986. The fourth-order valence-electron chi connectivity index (χ4n) is 1.69. The molecule has 0 spiro atoms. The second-order valence-corrected chi connectivity index (χ2v) is 4.26. The van der Waals surface area contributed by atoms with Crippen LogP contribution in [-0.2, 0) is 0 Å². The van der Waals surface area contributed by atoms with Gasteiger partial charge in [-0.3, -0.25) is 0 Å². The fraction of sp³-hybridized carbons (Fsp3) is 0.417. The molecule has 69 valence electrons. The minimum atomic E-state index is -0.0409. The van der Waals surface area contributed by atoms with Crippen LogP contribution in [0.25, 0.3) is 0 Å². The molecule has 1 aliphatic heterocycles. The summed E-state index contributed by atoms with van der Waals surface area (Å²) in [4.78, 5) is 0. The van der Waals surface area contributed by atoms with E-state index in [4.69, 9.17) is 4.74 Å². The highest BCUT2D eigenvalue weighted by Gasteiger charge is 2.26. The van der Waals surface area contributed by atoms with Crippen molar-refractivity contribution < 1.29 is 4.74 Å². The second-order valence-electron chi connectivity index (χ2n) is 4.26. The van der Waals surface area contributed by atoms with Gasteiger partial charge in [-0.05, 0) is 45.2 Å². The number of ether oxygens (including phenoxy) is 1. The van der Waals surface area contributed by atoms with E-state index in [9.17, 15) is 0 Å². The second kappa shape index (κ2) is 2.76. The maximum atomic E-state index is 5.87. The predicted octanol–water partition coefficient (Wildman–Crippen LogP) is 3.11. The molecule has 0 amide bonds. The third kappa shape index (κ3) is 1.55. The Balaban J connectivity index is 2.42. The molecule has 2 rings (SSSR count). The Morgan fingerprint density at radius 1 is 1.31 bits per heavy atom. The Hall–Kier alpha value is -0.980. The van der Waals surface area contributed by atoms with E-state index in [1.54, 1.807) is 0 Å². The van der Waals surface area contributed by atoms with E-state index in [0.29, 0.717) is 0 Å². The third-order valence-electron chi connectivity index (χ3n) is 2.47. The first-order valence-corrected chi connectivity index (χ1v) is 4.70. The van der Waals surface area contributed by atoms with Crippen LogP contribution in [0.15, 0.2) is 18.2 Å². The summed E-state index contributed by atoms with van der Waals surface area (Å²) in [5, 5.41) is 0. The molecule has 1 aliphatic rings. The van der Waals surface area contributed by atoms with Gasteiger partial charge in [0, 0.05) is 5.56 Å². The molecule has 0 atom stereocenters. The molecule has 1 aromatic rings. The Kier molecular flexibility index (Phi) is 1.83. The van der Waals surface area contributed by atoms with Gasteiger partial charge in [-0.1, -0.05) is 12.1 Å². The average Bonchev–Trinajstić information content (AvgIpc) is 2.02. The summed E-state index contributed by atoms with van der Waals surface area (Å²) in [6.07, 6.45) is 3.26. The van der Waals surface area contributed by atoms with Gasteiger partial charge >= 0.3 is 0 Å². The van der Waals surface area contributed by atoms with Crippen LogP contribution in [0.1, 0.15) is 31.4 Å². The topological polar surface area (TPSA) is 9.23 Å². The number of benzene rings is 1. The van der Waals surface area contributed by atoms with Crippen molar-refractivity contribution in [2.75, 3.05) is 0 Å². The average molecular weight is 175 g/mol. The largest absolute Gasteiger partial charge is 0.488 e. The van der Waals surface area contributed by atoms with Crippen molar-refractivity contribution in [3.05, 3.63) is 35.7 Å². The fourth-order valence-corrected chi connectivity index (χ4v) is 1.69. The van der Waals surface area contributed by atoms with Gasteiger partial charge in [0.2, 0.25) is 0 Å². The molecule has 0 bridgehead atoms. The van der Waals surface area contributed by atoms with Crippen molar-refractivity contribution in [3.63, 3.8) is 0 Å². The van der Waals surface area contributed by atoms with E-state index in [1.807, 2.05) is 12.1 Å². The summed E-state index contributed by atoms with van der Waals surface area (Å²) in [7, 11) is 0. The molecule has 0 saturated carbocycles. The normalized spacial score (nSPS) is 19.0. The number of rotatable bonds is 0. The lowest BCUT2D eigenvalue weighted by Gasteiger charge is -2.33. The maximum Gasteiger partial charge on any atom is 0.123 e. The molecule has 0 aliphatic carbocycles. The van der Waals surface area contributed by atoms with Crippen LogP contribution in [0, 0.1) is 13.3 Å². The first-order valence-electron chi connectivity index (χ1n) is 4.70. The van der Waals surface area contributed by atoms with Crippen LogP contribution in [0.3, 0.4) is 0 Å². The van der Waals surface area contributed by atoms with Crippen molar-refractivity contribution in [3.8, 4) is 5.75 Å². The zero-order chi connectivity index (χ0) is 9.47. The van der Waals surface area contributed by atoms with Crippen molar-refractivity contribution in [2.24, 2.45) is 0 Å². The number of hydrogen-bond donors (Lipinski definition) is 0. The highest BCUT2D eigenvalue weighted by Crippen LogP contribution is 2.35. The van der Waals surface area contributed by atoms with E-state index >= 15 is 0 Å². The highest BCUT2D eigenvalue weighted by molar-refractivity contribution is 5.46. The van der Waals surface area contributed by atoms with Gasteiger partial charge in [0.1, 0.15) is 11.4 Å². The predicted molar refractivity (Wildman–Crippen MR) is 53.9 cm³/mol. The van der Waals surface area contributed by atoms with Gasteiger partial charge in [-0.15, -0.1) is 0 Å². The zero-order valence-corrected chi connectivity index (χ0v) is 8.42. The van der Waals surface area contributed by atoms with Gasteiger partial charge in [0.15, 0.2) is 0 Å². The Labute approximate surface area is 79.7 Å². The third-order valence-corrected chi connectivity index (χ3v) is 2.47. The molecule has 1 heterocycles. The van der Waals surface area contributed by atoms with Gasteiger partial charge < -0.3 is 4.74 Å². The Morgan fingerprint density at radius 3 is 2.85 bits per heavy atom. The van der Waals surface area contributed by atoms with Gasteiger partial charge in [-0.25, -0.2) is 0 Å². The van der Waals surface area contributed by atoms with Crippen molar-refractivity contribution in [1.82, 2.24) is 0 Å². The van der Waals surface area contributed by atoms with Crippen LogP contribution in [-0.4, -0.2) is 5.60 Å². The van der Waals surface area contributed by atoms with Crippen LogP contribution in [0.4, 0.5) is 0 Å². The molecule has 0 fully saturated rings. The van der Waals surface area contributed by atoms with Gasteiger partial charge in [0.05, 0.1) is 0 Å². The molecular weight excluding hydrogens is 160 g/mol. The standard InChI is InChI=1S/C12H15O/c1-9-5-4-6-11-10(9)7-8-12(2,3)13-11/h4-7H,8H2,1-3H3. The highest BCUT2D eigenvalue weighted by atomic mass is 16.5. The molecule has 1 radical (unpaired) electrons. The summed E-state index contributed by atoms with van der Waals surface area (Å²) in [6, 6.07) is 6.21. The molecular formula is C12H15O. The first kappa shape index (κ1) is 8.61. The summed E-state index contributed by atoms with van der Waals surface area (Å²) >= 11 is 0. The smallest absolute Gasteiger partial charge is 0.123 e. The van der Waals surface area contributed by atoms with Crippen molar-refractivity contribution >= 4 is 0 Å². The first-order chi connectivity index (χ1) is 6.08. The molecule has 0 unspecified atom stereocenters. The Morgan fingerprint density at radius 2 is 2.08 bits per heavy atom. The van der Waals surface area contributed by atoms with Gasteiger partial charge in [-0.2, -0.15) is 0 Å². The maximum absolute atomic E-state index is 5.87. The van der Waals surface area contributed by atoms with Crippen molar-refractivity contribution in [2.45, 2.75) is 32.8 Å². The van der Waals surface area contributed by atoms with Gasteiger partial charge in [0.25, 0.3) is 0 Å². The molecule has 1 nitrogen and oxygen atoms in total. The van der Waals surface area contributed by atoms with Crippen LogP contribution >= 0.6 is 0 Å². The lowest BCUT2D eigenvalue weighted by atomic mass is 9.92. The van der Waals surface area contributed by atoms with Crippen LogP contribution in [0.2, 0.25) is 0 Å². The van der Waals surface area contributed by atoms with Crippen LogP contribution < -0.4 is 4.74 Å². The summed E-state index contributed by atoms with van der Waals surface area (Å²) in [6.45, 7) is 6.36. The summed E-state index contributed by atoms with van der Waals surface area (Å²) < 4.78 is 5.87. The Bertz CT molecular complexity index is 326. The minimum Gasteiger partial charge on any atom is -0.488 e. The van der Waals surface area contributed by atoms with E-state index in [1.165, 1.54) is 11.1 Å². The van der Waals surface area contributed by atoms with E-state index in [-0.39, 0.29) is 5.60 Å². The number of fused-ring (bicyclic) bond motifs is 1. The number of aryl methyl sites for hydroxylation is 1. The molecule has 0 N–H and O–H groups in total. The van der Waals surface area contributed by atoms with Crippen molar-refractivity contribution in [1.29, 1.82) is 0 Å². The zero-order valence-electron chi connectivity index (χ0n) is 8.42. The molecule has 1 heteroatoms. The number of hydrogen-bond acceptors (Lipinski definition) is 1. The SMILES string of the molecule is Cc1cccc2c1[CH]CC(C)(C)O2. The monoisotopic (exact) mass is 175 g/mol. The van der Waals surface area contributed by atoms with Crippen LogP contribution in [0.5, 0.6) is 5.75 Å².